The molecule has 0 unspecified atom stereocenters. The van der Waals surface area contributed by atoms with Crippen molar-refractivity contribution in [1.29, 1.82) is 0 Å². The Morgan fingerprint density at radius 2 is 1.87 bits per heavy atom. The molecule has 5 heteroatoms. The van der Waals surface area contributed by atoms with Crippen LogP contribution in [0.4, 0.5) is 5.69 Å². The fraction of sp³-hybridized carbons (Fsp3) is 0.278. The summed E-state index contributed by atoms with van der Waals surface area (Å²) in [7, 11) is 1.89. The predicted molar refractivity (Wildman–Crippen MR) is 101 cm³/mol. The van der Waals surface area contributed by atoms with E-state index in [0.717, 1.165) is 40.4 Å². The maximum Gasteiger partial charge on any atom is 0.224 e. The summed E-state index contributed by atoms with van der Waals surface area (Å²) < 4.78 is 0. The van der Waals surface area contributed by atoms with Crippen LogP contribution in [-0.2, 0) is 4.79 Å². The monoisotopic (exact) mass is 352 g/mol. The van der Waals surface area contributed by atoms with Crippen LogP contribution in [0.5, 0.6) is 0 Å². The van der Waals surface area contributed by atoms with Crippen molar-refractivity contribution in [2.24, 2.45) is 0 Å². The molecule has 2 rings (SSSR count). The van der Waals surface area contributed by atoms with Crippen molar-refractivity contribution >= 4 is 35.6 Å². The van der Waals surface area contributed by atoms with Crippen LogP contribution in [0.2, 0.25) is 5.02 Å². The molecule has 0 aliphatic carbocycles. The highest BCUT2D eigenvalue weighted by Crippen LogP contribution is 2.26. The summed E-state index contributed by atoms with van der Waals surface area (Å²) in [4.78, 5) is 11.9. The van der Waals surface area contributed by atoms with Crippen LogP contribution in [0.3, 0.4) is 0 Å². The van der Waals surface area contributed by atoms with E-state index in [1.807, 2.05) is 50.4 Å². The van der Waals surface area contributed by atoms with E-state index in [2.05, 4.69) is 16.7 Å². The van der Waals surface area contributed by atoms with Gasteiger partial charge in [0.05, 0.1) is 0 Å². The minimum absolute atomic E-state index is 0. The molecule has 0 aliphatic heterocycles. The van der Waals surface area contributed by atoms with Gasteiger partial charge in [-0.1, -0.05) is 29.8 Å². The third-order valence-electron chi connectivity index (χ3n) is 3.49. The highest BCUT2D eigenvalue weighted by Gasteiger charge is 2.06. The number of hydrogen-bond donors (Lipinski definition) is 2. The molecule has 0 atom stereocenters. The van der Waals surface area contributed by atoms with Crippen molar-refractivity contribution < 1.29 is 4.79 Å². The van der Waals surface area contributed by atoms with Crippen molar-refractivity contribution in [2.45, 2.75) is 19.8 Å². The van der Waals surface area contributed by atoms with Gasteiger partial charge in [-0.05, 0) is 67.9 Å². The van der Waals surface area contributed by atoms with Gasteiger partial charge in [-0.15, -0.1) is 12.4 Å². The second-order valence-electron chi connectivity index (χ2n) is 5.30. The molecule has 0 spiro atoms. The van der Waals surface area contributed by atoms with E-state index >= 15 is 0 Å². The Balaban J connectivity index is 0.00000264. The summed E-state index contributed by atoms with van der Waals surface area (Å²) in [6.07, 6.45) is 1.36. The van der Waals surface area contributed by atoms with Crippen molar-refractivity contribution in [3.8, 4) is 11.1 Å². The number of hydrogen-bond acceptors (Lipinski definition) is 2. The molecular weight excluding hydrogens is 331 g/mol. The van der Waals surface area contributed by atoms with Crippen LogP contribution in [0.1, 0.15) is 18.4 Å². The molecule has 2 N–H and O–H groups in total. The van der Waals surface area contributed by atoms with Crippen molar-refractivity contribution in [2.75, 3.05) is 18.9 Å². The largest absolute Gasteiger partial charge is 0.326 e. The van der Waals surface area contributed by atoms with Crippen molar-refractivity contribution in [3.05, 3.63) is 53.1 Å². The van der Waals surface area contributed by atoms with Crippen molar-refractivity contribution in [1.82, 2.24) is 5.32 Å². The Morgan fingerprint density at radius 1 is 1.13 bits per heavy atom. The van der Waals surface area contributed by atoms with Crippen LogP contribution in [0, 0.1) is 6.92 Å². The summed E-state index contributed by atoms with van der Waals surface area (Å²) in [6.45, 7) is 2.84. The maximum absolute atomic E-state index is 11.9. The second kappa shape index (κ2) is 9.56. The Morgan fingerprint density at radius 3 is 2.52 bits per heavy atom. The Labute approximate surface area is 148 Å². The van der Waals surface area contributed by atoms with Gasteiger partial charge in [0.25, 0.3) is 0 Å². The Hall–Kier alpha value is -1.55. The zero-order valence-corrected chi connectivity index (χ0v) is 14.9. The average Bonchev–Trinajstić information content (AvgIpc) is 2.49. The lowest BCUT2D eigenvalue weighted by Crippen LogP contribution is -2.15. The molecule has 0 saturated carbocycles. The third-order valence-corrected chi connectivity index (χ3v) is 3.72. The SMILES string of the molecule is CNCCCC(=O)Nc1ccc(-c2cccc(Cl)c2)cc1C.Cl. The first-order valence-electron chi connectivity index (χ1n) is 7.41. The van der Waals surface area contributed by atoms with Gasteiger partial charge >= 0.3 is 0 Å². The molecule has 3 nitrogen and oxygen atoms in total. The predicted octanol–water partition coefficient (Wildman–Crippen LogP) is 4.68. The number of anilines is 1. The van der Waals surface area contributed by atoms with E-state index in [-0.39, 0.29) is 18.3 Å². The third kappa shape index (κ3) is 5.87. The van der Waals surface area contributed by atoms with Gasteiger partial charge in [-0.25, -0.2) is 0 Å². The topological polar surface area (TPSA) is 41.1 Å². The quantitative estimate of drug-likeness (QED) is 0.741. The number of aryl methyl sites for hydroxylation is 1. The summed E-state index contributed by atoms with van der Waals surface area (Å²) in [5.74, 6) is 0.0499. The molecule has 23 heavy (non-hydrogen) atoms. The van der Waals surface area contributed by atoms with Gasteiger partial charge in [0.15, 0.2) is 0 Å². The van der Waals surface area contributed by atoms with Crippen LogP contribution in [0.15, 0.2) is 42.5 Å². The van der Waals surface area contributed by atoms with Crippen molar-refractivity contribution in [3.63, 3.8) is 0 Å². The number of halogens is 2. The summed E-state index contributed by atoms with van der Waals surface area (Å²) >= 11 is 6.03. The number of benzene rings is 2. The summed E-state index contributed by atoms with van der Waals surface area (Å²) in [5, 5.41) is 6.72. The first-order chi connectivity index (χ1) is 10.6. The van der Waals surface area contributed by atoms with Gasteiger partial charge in [0, 0.05) is 17.1 Å². The van der Waals surface area contributed by atoms with Gasteiger partial charge < -0.3 is 10.6 Å². The Kier molecular flexibility index (Phi) is 8.10. The molecule has 0 radical (unpaired) electrons. The second-order valence-corrected chi connectivity index (χ2v) is 5.73. The molecule has 0 aliphatic rings. The van der Waals surface area contributed by atoms with E-state index in [0.29, 0.717) is 6.42 Å². The van der Waals surface area contributed by atoms with E-state index in [4.69, 9.17) is 11.6 Å². The smallest absolute Gasteiger partial charge is 0.224 e. The van der Waals surface area contributed by atoms with E-state index in [1.54, 1.807) is 0 Å². The van der Waals surface area contributed by atoms with Crippen LogP contribution in [-0.4, -0.2) is 19.5 Å². The first-order valence-corrected chi connectivity index (χ1v) is 7.79. The molecule has 0 heterocycles. The maximum atomic E-state index is 11.9. The number of rotatable bonds is 6. The summed E-state index contributed by atoms with van der Waals surface area (Å²) in [6, 6.07) is 13.8. The van der Waals surface area contributed by atoms with Crippen LogP contribution in [0.25, 0.3) is 11.1 Å². The summed E-state index contributed by atoms with van der Waals surface area (Å²) in [5.41, 5.74) is 4.07. The number of amides is 1. The molecule has 2 aromatic carbocycles. The minimum Gasteiger partial charge on any atom is -0.326 e. The van der Waals surface area contributed by atoms with E-state index in [1.165, 1.54) is 0 Å². The van der Waals surface area contributed by atoms with Crippen LogP contribution >= 0.6 is 24.0 Å². The first kappa shape index (κ1) is 19.5. The molecule has 0 fully saturated rings. The highest BCUT2D eigenvalue weighted by molar-refractivity contribution is 6.30. The fourth-order valence-electron chi connectivity index (χ4n) is 2.29. The standard InChI is InChI=1S/C18H21ClN2O.ClH/c1-13-11-15(14-5-3-6-16(19)12-14)8-9-17(13)21-18(22)7-4-10-20-2;/h3,5-6,8-9,11-12,20H,4,7,10H2,1-2H3,(H,21,22);1H. The van der Waals surface area contributed by atoms with Gasteiger partial charge in [-0.3, -0.25) is 4.79 Å². The molecular formula is C18H22Cl2N2O. The zero-order chi connectivity index (χ0) is 15.9. The molecule has 1 amide bonds. The normalized spacial score (nSPS) is 10.0. The number of nitrogens with one attached hydrogen (secondary N) is 2. The van der Waals surface area contributed by atoms with Gasteiger partial charge in [0.2, 0.25) is 5.91 Å². The Bertz CT molecular complexity index is 659. The van der Waals surface area contributed by atoms with Gasteiger partial charge in [0.1, 0.15) is 0 Å². The molecule has 124 valence electrons. The number of carbonyl (C=O) groups excluding carboxylic acids is 1. The molecule has 0 bridgehead atoms. The number of carbonyl (C=O) groups is 1. The minimum atomic E-state index is 0. The molecule has 0 aromatic heterocycles. The molecule has 2 aromatic rings. The lowest BCUT2D eigenvalue weighted by molar-refractivity contribution is -0.116. The zero-order valence-electron chi connectivity index (χ0n) is 13.4. The van der Waals surface area contributed by atoms with E-state index < -0.39 is 0 Å². The molecule has 0 saturated heterocycles. The van der Waals surface area contributed by atoms with E-state index in [9.17, 15) is 4.79 Å². The fourth-order valence-corrected chi connectivity index (χ4v) is 2.48. The lowest BCUT2D eigenvalue weighted by Gasteiger charge is -2.11. The van der Waals surface area contributed by atoms with Crippen LogP contribution < -0.4 is 10.6 Å². The lowest BCUT2D eigenvalue weighted by atomic mass is 10.0. The highest BCUT2D eigenvalue weighted by atomic mass is 35.5. The average molecular weight is 353 g/mol. The van der Waals surface area contributed by atoms with Gasteiger partial charge in [-0.2, -0.15) is 0 Å².